The molecule has 0 bridgehead atoms. The molecule has 3 heteroatoms. The van der Waals surface area contributed by atoms with E-state index < -0.39 is 0 Å². The smallest absolute Gasteiger partial charge is 0.200 e. The average molecular weight is 252 g/mol. The van der Waals surface area contributed by atoms with E-state index in [1.54, 1.807) is 18.2 Å². The van der Waals surface area contributed by atoms with Gasteiger partial charge in [0.2, 0.25) is 5.43 Å². The van der Waals surface area contributed by atoms with Gasteiger partial charge in [-0.3, -0.25) is 4.79 Å². The Labute approximate surface area is 109 Å². The number of para-hydroxylation sites is 1. The van der Waals surface area contributed by atoms with Gasteiger partial charge in [-0.1, -0.05) is 42.5 Å². The monoisotopic (exact) mass is 252 g/mol. The number of benzene rings is 2. The second-order valence-corrected chi connectivity index (χ2v) is 4.30. The molecule has 0 aliphatic rings. The molecular formula is C16H12O3. The van der Waals surface area contributed by atoms with E-state index in [0.717, 1.165) is 5.56 Å². The first-order chi connectivity index (χ1) is 9.31. The van der Waals surface area contributed by atoms with E-state index in [9.17, 15) is 9.90 Å². The van der Waals surface area contributed by atoms with Crippen LogP contribution in [0.3, 0.4) is 0 Å². The van der Waals surface area contributed by atoms with E-state index >= 15 is 0 Å². The minimum atomic E-state index is -0.148. The molecule has 0 spiro atoms. The van der Waals surface area contributed by atoms with Crippen molar-refractivity contribution in [3.63, 3.8) is 0 Å². The number of hydrogen-bond acceptors (Lipinski definition) is 3. The molecule has 1 aromatic heterocycles. The third kappa shape index (κ3) is 1.94. The van der Waals surface area contributed by atoms with Gasteiger partial charge in [-0.15, -0.1) is 0 Å². The van der Waals surface area contributed by atoms with E-state index in [4.69, 9.17) is 4.42 Å². The van der Waals surface area contributed by atoms with E-state index in [1.165, 1.54) is 6.26 Å². The van der Waals surface area contributed by atoms with Gasteiger partial charge in [0.15, 0.2) is 0 Å². The van der Waals surface area contributed by atoms with Gasteiger partial charge in [-0.25, -0.2) is 0 Å². The van der Waals surface area contributed by atoms with Crippen molar-refractivity contribution < 1.29 is 9.52 Å². The normalized spacial score (nSPS) is 10.8. The van der Waals surface area contributed by atoms with Crippen LogP contribution in [0.1, 0.15) is 5.56 Å². The lowest BCUT2D eigenvalue weighted by Gasteiger charge is -2.05. The second kappa shape index (κ2) is 4.71. The topological polar surface area (TPSA) is 50.4 Å². The van der Waals surface area contributed by atoms with E-state index in [0.29, 0.717) is 22.1 Å². The lowest BCUT2D eigenvalue weighted by Crippen LogP contribution is -2.05. The van der Waals surface area contributed by atoms with Crippen molar-refractivity contribution in [3.05, 3.63) is 70.6 Å². The minimum absolute atomic E-state index is 0.0808. The predicted molar refractivity (Wildman–Crippen MR) is 73.8 cm³/mol. The SMILES string of the molecule is O=c1c(-c2ccccc2)coc2c(CO)cccc12. The highest BCUT2D eigenvalue weighted by Crippen LogP contribution is 2.21. The number of rotatable bonds is 2. The predicted octanol–water partition coefficient (Wildman–Crippen LogP) is 2.95. The molecule has 0 fully saturated rings. The van der Waals surface area contributed by atoms with Crippen LogP contribution in [0.25, 0.3) is 22.1 Å². The van der Waals surface area contributed by atoms with Crippen LogP contribution < -0.4 is 5.43 Å². The Morgan fingerprint density at radius 1 is 1.00 bits per heavy atom. The summed E-state index contributed by atoms with van der Waals surface area (Å²) in [6, 6.07) is 14.6. The fourth-order valence-corrected chi connectivity index (χ4v) is 2.16. The van der Waals surface area contributed by atoms with Crippen LogP contribution in [0.5, 0.6) is 0 Å². The van der Waals surface area contributed by atoms with Gasteiger partial charge in [-0.05, 0) is 11.6 Å². The van der Waals surface area contributed by atoms with Crippen LogP contribution in [0, 0.1) is 0 Å². The van der Waals surface area contributed by atoms with Crippen LogP contribution >= 0.6 is 0 Å². The lowest BCUT2D eigenvalue weighted by molar-refractivity contribution is 0.281. The van der Waals surface area contributed by atoms with Crippen molar-refractivity contribution in [2.24, 2.45) is 0 Å². The Hall–Kier alpha value is -2.39. The molecule has 0 amide bonds. The molecule has 0 saturated carbocycles. The molecule has 19 heavy (non-hydrogen) atoms. The van der Waals surface area contributed by atoms with Crippen LogP contribution in [-0.4, -0.2) is 5.11 Å². The highest BCUT2D eigenvalue weighted by molar-refractivity contribution is 5.83. The van der Waals surface area contributed by atoms with Crippen molar-refractivity contribution in [2.75, 3.05) is 0 Å². The van der Waals surface area contributed by atoms with Gasteiger partial charge < -0.3 is 9.52 Å². The molecular weight excluding hydrogens is 240 g/mol. The molecule has 0 atom stereocenters. The zero-order valence-electron chi connectivity index (χ0n) is 10.2. The zero-order valence-corrected chi connectivity index (χ0v) is 10.2. The summed E-state index contributed by atoms with van der Waals surface area (Å²) in [7, 11) is 0. The molecule has 2 aromatic carbocycles. The summed E-state index contributed by atoms with van der Waals surface area (Å²) < 4.78 is 5.54. The first-order valence-electron chi connectivity index (χ1n) is 6.01. The third-order valence-corrected chi connectivity index (χ3v) is 3.14. The van der Waals surface area contributed by atoms with Gasteiger partial charge in [-0.2, -0.15) is 0 Å². The highest BCUT2D eigenvalue weighted by atomic mass is 16.3. The van der Waals surface area contributed by atoms with Gasteiger partial charge in [0, 0.05) is 5.56 Å². The summed E-state index contributed by atoms with van der Waals surface area (Å²) in [4.78, 5) is 12.5. The highest BCUT2D eigenvalue weighted by Gasteiger charge is 2.10. The molecule has 1 heterocycles. The Bertz CT molecular complexity index is 773. The Balaban J connectivity index is 2.31. The molecule has 0 unspecified atom stereocenters. The summed E-state index contributed by atoms with van der Waals surface area (Å²) in [5.41, 5.74) is 2.35. The average Bonchev–Trinajstić information content (AvgIpc) is 2.48. The van der Waals surface area contributed by atoms with Crippen LogP contribution in [-0.2, 0) is 6.61 Å². The molecule has 3 aromatic rings. The fraction of sp³-hybridized carbons (Fsp3) is 0.0625. The molecule has 0 saturated heterocycles. The van der Waals surface area contributed by atoms with Gasteiger partial charge in [0.05, 0.1) is 17.6 Å². The second-order valence-electron chi connectivity index (χ2n) is 4.30. The molecule has 0 aliphatic carbocycles. The van der Waals surface area contributed by atoms with Crippen molar-refractivity contribution in [3.8, 4) is 11.1 Å². The van der Waals surface area contributed by atoms with Gasteiger partial charge in [0.25, 0.3) is 0 Å². The van der Waals surface area contributed by atoms with Gasteiger partial charge in [0.1, 0.15) is 11.8 Å². The van der Waals surface area contributed by atoms with E-state index in [-0.39, 0.29) is 12.0 Å². The summed E-state index contributed by atoms with van der Waals surface area (Å²) in [6.45, 7) is -0.148. The Kier molecular flexibility index (Phi) is 2.89. The first kappa shape index (κ1) is 11.7. The molecule has 94 valence electrons. The maximum atomic E-state index is 12.5. The summed E-state index contributed by atoms with van der Waals surface area (Å²) >= 11 is 0. The largest absolute Gasteiger partial charge is 0.463 e. The lowest BCUT2D eigenvalue weighted by atomic mass is 10.0. The van der Waals surface area contributed by atoms with Gasteiger partial charge >= 0.3 is 0 Å². The molecule has 0 aliphatic heterocycles. The van der Waals surface area contributed by atoms with Crippen molar-refractivity contribution in [2.45, 2.75) is 6.61 Å². The number of hydrogen-bond donors (Lipinski definition) is 1. The van der Waals surface area contributed by atoms with Crippen LogP contribution in [0.15, 0.2) is 64.0 Å². The molecule has 3 rings (SSSR count). The van der Waals surface area contributed by atoms with Crippen molar-refractivity contribution in [1.82, 2.24) is 0 Å². The minimum Gasteiger partial charge on any atom is -0.463 e. The standard InChI is InChI=1S/C16H12O3/c17-9-12-7-4-8-13-15(18)14(10-19-16(12)13)11-5-2-1-3-6-11/h1-8,10,17H,9H2. The van der Waals surface area contributed by atoms with E-state index in [2.05, 4.69) is 0 Å². The van der Waals surface area contributed by atoms with E-state index in [1.807, 2.05) is 30.3 Å². The van der Waals surface area contributed by atoms with Crippen molar-refractivity contribution in [1.29, 1.82) is 0 Å². The molecule has 1 N–H and O–H groups in total. The zero-order chi connectivity index (χ0) is 13.2. The number of fused-ring (bicyclic) bond motifs is 1. The Morgan fingerprint density at radius 3 is 2.53 bits per heavy atom. The third-order valence-electron chi connectivity index (χ3n) is 3.14. The fourth-order valence-electron chi connectivity index (χ4n) is 2.16. The maximum absolute atomic E-state index is 12.5. The van der Waals surface area contributed by atoms with Crippen molar-refractivity contribution >= 4 is 11.0 Å². The number of aliphatic hydroxyl groups is 1. The summed E-state index contributed by atoms with van der Waals surface area (Å²) in [6.07, 6.45) is 1.46. The maximum Gasteiger partial charge on any atom is 0.200 e. The molecule has 0 radical (unpaired) electrons. The summed E-state index contributed by atoms with van der Waals surface area (Å²) in [5.74, 6) is 0. The summed E-state index contributed by atoms with van der Waals surface area (Å²) in [5, 5.41) is 9.74. The van der Waals surface area contributed by atoms with Crippen LogP contribution in [0.4, 0.5) is 0 Å². The quantitative estimate of drug-likeness (QED) is 0.762. The van der Waals surface area contributed by atoms with Crippen LogP contribution in [0.2, 0.25) is 0 Å². The molecule has 3 nitrogen and oxygen atoms in total. The Morgan fingerprint density at radius 2 is 1.79 bits per heavy atom. The first-order valence-corrected chi connectivity index (χ1v) is 6.01. The number of aliphatic hydroxyl groups excluding tert-OH is 1.